The van der Waals surface area contributed by atoms with E-state index in [-0.39, 0.29) is 5.41 Å². The summed E-state index contributed by atoms with van der Waals surface area (Å²) in [5, 5.41) is 0. The fourth-order valence-corrected chi connectivity index (χ4v) is 1.28. The van der Waals surface area contributed by atoms with Gasteiger partial charge in [-0.05, 0) is 23.5 Å². The van der Waals surface area contributed by atoms with E-state index < -0.39 is 0 Å². The van der Waals surface area contributed by atoms with Crippen LogP contribution in [0.2, 0.25) is 0 Å². The molecule has 80 valence electrons. The molecule has 0 aromatic heterocycles. The van der Waals surface area contributed by atoms with Crippen LogP contribution in [0.5, 0.6) is 0 Å². The molecular weight excluding hydrogens is 180 g/mol. The molecule has 0 heteroatoms. The van der Waals surface area contributed by atoms with Crippen molar-refractivity contribution in [2.45, 2.75) is 27.7 Å². The molecule has 0 bridgehead atoms. The predicted octanol–water partition coefficient (Wildman–Crippen LogP) is 4.69. The van der Waals surface area contributed by atoms with E-state index in [1.807, 2.05) is 6.07 Å². The topological polar surface area (TPSA) is 0 Å². The van der Waals surface area contributed by atoms with Gasteiger partial charge >= 0.3 is 0 Å². The van der Waals surface area contributed by atoms with Gasteiger partial charge in [0.25, 0.3) is 0 Å². The Bertz CT molecular complexity index is 347. The lowest BCUT2D eigenvalue weighted by Gasteiger charge is -2.10. The molecule has 0 N–H and O–H groups in total. The monoisotopic (exact) mass is 200 g/mol. The van der Waals surface area contributed by atoms with Crippen LogP contribution in [0.3, 0.4) is 0 Å². The normalized spacial score (nSPS) is 13.5. The van der Waals surface area contributed by atoms with Crippen LogP contribution >= 0.6 is 0 Å². The minimum Gasteiger partial charge on any atom is -0.0791 e. The van der Waals surface area contributed by atoms with Crippen molar-refractivity contribution in [3.05, 3.63) is 54.1 Å². The van der Waals surface area contributed by atoms with Gasteiger partial charge in [0, 0.05) is 0 Å². The van der Waals surface area contributed by atoms with E-state index in [0.717, 1.165) is 0 Å². The van der Waals surface area contributed by atoms with Crippen molar-refractivity contribution < 1.29 is 0 Å². The molecule has 1 aromatic rings. The number of hydrogen-bond donors (Lipinski definition) is 0. The Morgan fingerprint density at radius 3 is 2.20 bits per heavy atom. The molecule has 15 heavy (non-hydrogen) atoms. The molecule has 1 rings (SSSR count). The van der Waals surface area contributed by atoms with E-state index in [4.69, 9.17) is 0 Å². The highest BCUT2D eigenvalue weighted by Gasteiger charge is 2.02. The van der Waals surface area contributed by atoms with Crippen LogP contribution in [0.15, 0.2) is 48.6 Å². The number of benzene rings is 1. The maximum atomic E-state index is 2.22. The van der Waals surface area contributed by atoms with Crippen molar-refractivity contribution in [3.63, 3.8) is 0 Å². The highest BCUT2D eigenvalue weighted by atomic mass is 14.1. The first kappa shape index (κ1) is 11.8. The summed E-state index contributed by atoms with van der Waals surface area (Å²) in [5.41, 5.74) is 2.85. The molecule has 0 nitrogen and oxygen atoms in total. The second-order valence-electron chi connectivity index (χ2n) is 4.94. The first-order valence-electron chi connectivity index (χ1n) is 5.40. The van der Waals surface area contributed by atoms with E-state index in [0.29, 0.717) is 0 Å². The minimum atomic E-state index is 0.257. The second kappa shape index (κ2) is 4.97. The molecule has 0 atom stereocenters. The Morgan fingerprint density at radius 1 is 1.07 bits per heavy atom. The lowest BCUT2D eigenvalue weighted by molar-refractivity contribution is 0.544. The van der Waals surface area contributed by atoms with E-state index >= 15 is 0 Å². The van der Waals surface area contributed by atoms with Gasteiger partial charge in [-0.25, -0.2) is 0 Å². The van der Waals surface area contributed by atoms with Gasteiger partial charge in [0.15, 0.2) is 0 Å². The van der Waals surface area contributed by atoms with Crippen molar-refractivity contribution in [2.24, 2.45) is 5.41 Å². The van der Waals surface area contributed by atoms with Crippen LogP contribution in [-0.4, -0.2) is 0 Å². The van der Waals surface area contributed by atoms with Crippen LogP contribution in [0.25, 0.3) is 5.57 Å². The summed E-state index contributed by atoms with van der Waals surface area (Å²) >= 11 is 0. The molecule has 0 spiro atoms. The second-order valence-corrected chi connectivity index (χ2v) is 4.94. The van der Waals surface area contributed by atoms with Gasteiger partial charge < -0.3 is 0 Å². The first-order chi connectivity index (χ1) is 6.99. The van der Waals surface area contributed by atoms with Crippen molar-refractivity contribution in [1.82, 2.24) is 0 Å². The SMILES string of the molecule is C/C(=C\C=C/C(C)(C)C)c1ccccc1. The van der Waals surface area contributed by atoms with Crippen LogP contribution in [0.4, 0.5) is 0 Å². The Labute approximate surface area is 93.3 Å². The fourth-order valence-electron chi connectivity index (χ4n) is 1.28. The zero-order valence-electron chi connectivity index (χ0n) is 10.1. The molecule has 0 heterocycles. The Hall–Kier alpha value is -1.30. The lowest BCUT2D eigenvalue weighted by Crippen LogP contribution is -1.97. The van der Waals surface area contributed by atoms with Crippen LogP contribution in [0, 0.1) is 5.41 Å². The summed E-state index contributed by atoms with van der Waals surface area (Å²) in [6.07, 6.45) is 6.53. The molecule has 0 saturated heterocycles. The third kappa shape index (κ3) is 4.64. The molecular formula is C15H20. The number of rotatable bonds is 2. The van der Waals surface area contributed by atoms with E-state index in [1.165, 1.54) is 11.1 Å². The summed E-state index contributed by atoms with van der Waals surface area (Å²) in [6.45, 7) is 8.75. The molecule has 0 fully saturated rings. The lowest BCUT2D eigenvalue weighted by atomic mass is 9.96. The predicted molar refractivity (Wildman–Crippen MR) is 68.7 cm³/mol. The molecule has 0 saturated carbocycles. The van der Waals surface area contributed by atoms with Gasteiger partial charge in [0.1, 0.15) is 0 Å². The highest BCUT2D eigenvalue weighted by Crippen LogP contribution is 2.16. The zero-order valence-corrected chi connectivity index (χ0v) is 10.1. The van der Waals surface area contributed by atoms with Crippen LogP contribution in [-0.2, 0) is 0 Å². The average Bonchev–Trinajstić information content (AvgIpc) is 2.17. The zero-order chi connectivity index (χ0) is 11.3. The van der Waals surface area contributed by atoms with Gasteiger partial charge in [0.2, 0.25) is 0 Å². The molecule has 0 aliphatic rings. The largest absolute Gasteiger partial charge is 0.0791 e. The molecule has 0 aliphatic carbocycles. The summed E-state index contributed by atoms with van der Waals surface area (Å²) < 4.78 is 0. The van der Waals surface area contributed by atoms with E-state index in [2.05, 4.69) is 70.2 Å². The maximum Gasteiger partial charge on any atom is -0.0200 e. The first-order valence-corrected chi connectivity index (χ1v) is 5.40. The van der Waals surface area contributed by atoms with Gasteiger partial charge in [-0.2, -0.15) is 0 Å². The third-order valence-corrected chi connectivity index (χ3v) is 2.17. The third-order valence-electron chi connectivity index (χ3n) is 2.17. The fraction of sp³-hybridized carbons (Fsp3) is 0.333. The van der Waals surface area contributed by atoms with E-state index in [1.54, 1.807) is 0 Å². The summed E-state index contributed by atoms with van der Waals surface area (Å²) in [5.74, 6) is 0. The van der Waals surface area contributed by atoms with Crippen molar-refractivity contribution in [3.8, 4) is 0 Å². The molecule has 0 unspecified atom stereocenters. The summed E-state index contributed by atoms with van der Waals surface area (Å²) in [7, 11) is 0. The quantitative estimate of drug-likeness (QED) is 0.607. The number of hydrogen-bond acceptors (Lipinski definition) is 0. The van der Waals surface area contributed by atoms with Gasteiger partial charge in [-0.15, -0.1) is 0 Å². The van der Waals surface area contributed by atoms with Crippen LogP contribution in [0.1, 0.15) is 33.3 Å². The molecule has 0 amide bonds. The minimum absolute atomic E-state index is 0.257. The Morgan fingerprint density at radius 2 is 1.67 bits per heavy atom. The number of allylic oxidation sites excluding steroid dienone is 4. The molecule has 0 radical (unpaired) electrons. The molecule has 1 aromatic carbocycles. The maximum absolute atomic E-state index is 2.22. The Kier molecular flexibility index (Phi) is 3.90. The van der Waals surface area contributed by atoms with Crippen molar-refractivity contribution >= 4 is 5.57 Å². The summed E-state index contributed by atoms with van der Waals surface area (Å²) in [4.78, 5) is 0. The van der Waals surface area contributed by atoms with E-state index in [9.17, 15) is 0 Å². The molecule has 0 aliphatic heterocycles. The van der Waals surface area contributed by atoms with Gasteiger partial charge in [-0.1, -0.05) is 69.3 Å². The van der Waals surface area contributed by atoms with Gasteiger partial charge in [-0.3, -0.25) is 0 Å². The average molecular weight is 200 g/mol. The van der Waals surface area contributed by atoms with Crippen molar-refractivity contribution in [2.75, 3.05) is 0 Å². The standard InChI is InChI=1S/C15H20/c1-13(9-8-12-15(2,3)4)14-10-6-5-7-11-14/h5-12H,1-4H3/b12-8-,13-9+. The van der Waals surface area contributed by atoms with Crippen LogP contribution < -0.4 is 0 Å². The smallest absolute Gasteiger partial charge is 0.0200 e. The highest BCUT2D eigenvalue weighted by molar-refractivity contribution is 5.64. The van der Waals surface area contributed by atoms with Gasteiger partial charge in [0.05, 0.1) is 0 Å². The Balaban J connectivity index is 2.74. The summed E-state index contributed by atoms with van der Waals surface area (Å²) in [6, 6.07) is 10.5. The van der Waals surface area contributed by atoms with Crippen molar-refractivity contribution in [1.29, 1.82) is 0 Å².